The van der Waals surface area contributed by atoms with Crippen LogP contribution in [0.2, 0.25) is 5.02 Å². The van der Waals surface area contributed by atoms with Crippen molar-refractivity contribution in [3.63, 3.8) is 0 Å². The fraction of sp³-hybridized carbons (Fsp3) is 0.194. The molecular weight excluding hydrogens is 731 g/mol. The number of alkyl halides is 3. The summed E-state index contributed by atoms with van der Waals surface area (Å²) in [5.74, 6) is -0.680. The van der Waals surface area contributed by atoms with E-state index in [1.54, 1.807) is 24.3 Å². The maximum Gasteiger partial charge on any atom is 0.434 e. The van der Waals surface area contributed by atoms with E-state index in [1.807, 2.05) is 0 Å². The van der Waals surface area contributed by atoms with Crippen LogP contribution >= 0.6 is 38.9 Å². The van der Waals surface area contributed by atoms with E-state index in [4.69, 9.17) is 25.8 Å². The minimum atomic E-state index is -5.04. The number of nitrogens with zero attached hydrogens (tertiary/aromatic N) is 3. The highest BCUT2D eigenvalue weighted by molar-refractivity contribution is 9.10. The van der Waals surface area contributed by atoms with Crippen LogP contribution in [0.1, 0.15) is 29.7 Å². The molecule has 0 spiro atoms. The minimum absolute atomic E-state index is 0.0304. The highest BCUT2D eigenvalue weighted by Gasteiger charge is 2.45. The van der Waals surface area contributed by atoms with Crippen molar-refractivity contribution in [2.24, 2.45) is 4.99 Å². The molecule has 3 aromatic carbocycles. The molecule has 0 amide bonds. The molecule has 2 heterocycles. The standard InChI is InChI=1S/C31H22BrClF3N3O7S/c1-3-45-29(41)24-25(18-6-8-19(33)9-7-18)38-28(40)23(47-30(38)37-27(24)31(34,35)36)14-17-12-21(32)26(22(13-17)44-2)46-15-16-4-10-20(11-5-16)39(42)43/h4-14,25H,3,15H2,1-2H3/b23-14-/t25-/m0/s1. The number of halogens is 5. The van der Waals surface area contributed by atoms with Crippen molar-refractivity contribution >= 4 is 56.6 Å². The lowest BCUT2D eigenvalue weighted by Crippen LogP contribution is -2.41. The number of hydrogen-bond acceptors (Lipinski definition) is 9. The molecule has 0 saturated carbocycles. The third-order valence-corrected chi connectivity index (χ3v) is 8.68. The second-order valence-electron chi connectivity index (χ2n) is 9.86. The summed E-state index contributed by atoms with van der Waals surface area (Å²) in [4.78, 5) is 40.8. The maximum absolute atomic E-state index is 14.4. The molecular formula is C31H22BrClF3N3O7S. The number of nitro benzene ring substituents is 1. The number of esters is 1. The van der Waals surface area contributed by atoms with Gasteiger partial charge in [0.05, 0.1) is 39.3 Å². The number of nitro groups is 1. The number of allylic oxidation sites excluding steroid dienone is 1. The molecule has 0 fully saturated rings. The average Bonchev–Trinajstić information content (AvgIpc) is 3.33. The van der Waals surface area contributed by atoms with Crippen molar-refractivity contribution in [3.8, 4) is 11.5 Å². The Bertz CT molecular complexity index is 2080. The van der Waals surface area contributed by atoms with E-state index in [0.717, 1.165) is 15.9 Å². The van der Waals surface area contributed by atoms with Gasteiger partial charge >= 0.3 is 12.1 Å². The first-order valence-electron chi connectivity index (χ1n) is 13.6. The second kappa shape index (κ2) is 13.7. The molecule has 47 heavy (non-hydrogen) atoms. The largest absolute Gasteiger partial charge is 0.493 e. The molecule has 244 valence electrons. The molecule has 0 aliphatic carbocycles. The van der Waals surface area contributed by atoms with Crippen molar-refractivity contribution in [3.05, 3.63) is 128 Å². The van der Waals surface area contributed by atoms with Crippen LogP contribution in [-0.2, 0) is 16.1 Å². The number of ether oxygens (including phenoxy) is 3. The van der Waals surface area contributed by atoms with Crippen LogP contribution in [0.3, 0.4) is 0 Å². The van der Waals surface area contributed by atoms with E-state index in [1.165, 1.54) is 56.5 Å². The number of non-ortho nitro benzene ring substituents is 1. The molecule has 0 saturated heterocycles. The first-order valence-corrected chi connectivity index (χ1v) is 15.6. The summed E-state index contributed by atoms with van der Waals surface area (Å²) in [5, 5.41) is 11.2. The molecule has 4 aromatic rings. The molecule has 1 atom stereocenters. The monoisotopic (exact) mass is 751 g/mol. The van der Waals surface area contributed by atoms with Gasteiger partial charge in [0.2, 0.25) is 0 Å². The lowest BCUT2D eigenvalue weighted by molar-refractivity contribution is -0.384. The number of hydrogen-bond donors (Lipinski definition) is 0. The van der Waals surface area contributed by atoms with Gasteiger partial charge in [-0.1, -0.05) is 35.1 Å². The number of benzene rings is 3. The third kappa shape index (κ3) is 7.11. The van der Waals surface area contributed by atoms with Gasteiger partial charge in [-0.2, -0.15) is 13.2 Å². The van der Waals surface area contributed by atoms with Crippen LogP contribution in [0.5, 0.6) is 11.5 Å². The predicted molar refractivity (Wildman–Crippen MR) is 170 cm³/mol. The van der Waals surface area contributed by atoms with Gasteiger partial charge in [-0.3, -0.25) is 19.5 Å². The van der Waals surface area contributed by atoms with E-state index in [-0.39, 0.29) is 39.5 Å². The number of fused-ring (bicyclic) bond motifs is 1. The van der Waals surface area contributed by atoms with Crippen molar-refractivity contribution < 1.29 is 37.1 Å². The van der Waals surface area contributed by atoms with Crippen LogP contribution in [0.15, 0.2) is 86.2 Å². The van der Waals surface area contributed by atoms with E-state index in [9.17, 15) is 32.9 Å². The molecule has 1 aliphatic heterocycles. The summed E-state index contributed by atoms with van der Waals surface area (Å²) >= 11 is 10.2. The Hall–Kier alpha value is -4.47. The van der Waals surface area contributed by atoms with Gasteiger partial charge in [0.1, 0.15) is 6.61 Å². The summed E-state index contributed by atoms with van der Waals surface area (Å²) in [6.45, 7) is 1.31. The normalized spacial score (nSPS) is 14.8. The number of carbonyl (C=O) groups excluding carboxylic acids is 1. The Labute approximate surface area is 281 Å². The maximum atomic E-state index is 14.4. The summed E-state index contributed by atoms with van der Waals surface area (Å²) < 4.78 is 61.0. The van der Waals surface area contributed by atoms with Crippen LogP contribution in [-0.4, -0.2) is 35.4 Å². The van der Waals surface area contributed by atoms with Crippen molar-refractivity contribution in [2.75, 3.05) is 13.7 Å². The van der Waals surface area contributed by atoms with Gasteiger partial charge in [0.25, 0.3) is 11.2 Å². The Balaban J connectivity index is 1.60. The molecule has 0 bridgehead atoms. The van der Waals surface area contributed by atoms with E-state index >= 15 is 0 Å². The Morgan fingerprint density at radius 3 is 2.45 bits per heavy atom. The topological polar surface area (TPSA) is 122 Å². The average molecular weight is 753 g/mol. The second-order valence-corrected chi connectivity index (χ2v) is 12.2. The number of carbonyl (C=O) groups is 1. The molecule has 5 rings (SSSR count). The van der Waals surface area contributed by atoms with E-state index in [2.05, 4.69) is 20.9 Å². The zero-order valence-electron chi connectivity index (χ0n) is 24.3. The number of thiazole rings is 1. The van der Waals surface area contributed by atoms with E-state index < -0.39 is 39.9 Å². The summed E-state index contributed by atoms with van der Waals surface area (Å²) in [7, 11) is 1.40. The van der Waals surface area contributed by atoms with Gasteiger partial charge in [0, 0.05) is 17.2 Å². The van der Waals surface area contributed by atoms with E-state index in [0.29, 0.717) is 26.4 Å². The zero-order chi connectivity index (χ0) is 34.0. The zero-order valence-corrected chi connectivity index (χ0v) is 27.5. The van der Waals surface area contributed by atoms with Gasteiger partial charge in [-0.15, -0.1) is 0 Å². The third-order valence-electron chi connectivity index (χ3n) is 6.86. The number of aromatic nitrogens is 1. The van der Waals surface area contributed by atoms with Crippen LogP contribution in [0, 0.1) is 10.1 Å². The minimum Gasteiger partial charge on any atom is -0.493 e. The van der Waals surface area contributed by atoms with Crippen LogP contribution < -0.4 is 24.4 Å². The lowest BCUT2D eigenvalue weighted by Gasteiger charge is -2.26. The molecule has 0 radical (unpaired) electrons. The summed E-state index contributed by atoms with van der Waals surface area (Å²) in [6, 6.07) is 13.3. The van der Waals surface area contributed by atoms with Crippen molar-refractivity contribution in [2.45, 2.75) is 25.7 Å². The summed E-state index contributed by atoms with van der Waals surface area (Å²) in [6.07, 6.45) is -3.58. The lowest BCUT2D eigenvalue weighted by atomic mass is 9.95. The van der Waals surface area contributed by atoms with Gasteiger partial charge in [-0.25, -0.2) is 9.79 Å². The molecule has 0 unspecified atom stereocenters. The number of rotatable bonds is 9. The Morgan fingerprint density at radius 1 is 1.17 bits per heavy atom. The van der Waals surface area contributed by atoms with Gasteiger partial charge in [-0.05, 0) is 82.0 Å². The number of methoxy groups -OCH3 is 1. The molecule has 1 aromatic heterocycles. The smallest absolute Gasteiger partial charge is 0.434 e. The Morgan fingerprint density at radius 2 is 1.85 bits per heavy atom. The quantitative estimate of drug-likeness (QED) is 0.113. The molecule has 1 aliphatic rings. The molecule has 16 heteroatoms. The summed E-state index contributed by atoms with van der Waals surface area (Å²) in [5.41, 5.74) is -1.74. The predicted octanol–water partition coefficient (Wildman–Crippen LogP) is 6.25. The highest BCUT2D eigenvalue weighted by Crippen LogP contribution is 2.39. The van der Waals surface area contributed by atoms with Gasteiger partial charge < -0.3 is 14.2 Å². The van der Waals surface area contributed by atoms with Crippen LogP contribution in [0.4, 0.5) is 18.9 Å². The Kier molecular flexibility index (Phi) is 9.89. The van der Waals surface area contributed by atoms with Gasteiger partial charge in [0.15, 0.2) is 22.0 Å². The molecule has 0 N–H and O–H groups in total. The fourth-order valence-electron chi connectivity index (χ4n) is 4.78. The highest BCUT2D eigenvalue weighted by atomic mass is 79.9. The van der Waals surface area contributed by atoms with Crippen molar-refractivity contribution in [1.82, 2.24) is 4.57 Å². The SMILES string of the molecule is CCOC(=O)C1=C(C(F)(F)F)N=c2s/c(=C\c3cc(Br)c(OCc4ccc([N+](=O)[O-])cc4)c(OC)c3)c(=O)n2[C@H]1c1ccc(Cl)cc1. The van der Waals surface area contributed by atoms with Crippen molar-refractivity contribution in [1.29, 1.82) is 0 Å². The first-order chi connectivity index (χ1) is 22.3. The fourth-order valence-corrected chi connectivity index (χ4v) is 6.49. The molecule has 10 nitrogen and oxygen atoms in total. The first kappa shape index (κ1) is 33.9. The van der Waals surface area contributed by atoms with Crippen LogP contribution in [0.25, 0.3) is 6.08 Å².